The lowest BCUT2D eigenvalue weighted by molar-refractivity contribution is 0.0376. The van der Waals surface area contributed by atoms with E-state index in [1.165, 1.54) is 24.0 Å². The summed E-state index contributed by atoms with van der Waals surface area (Å²) < 4.78 is 0. The zero-order chi connectivity index (χ0) is 11.5. The van der Waals surface area contributed by atoms with Crippen LogP contribution < -0.4 is 5.56 Å². The van der Waals surface area contributed by atoms with Gasteiger partial charge in [-0.1, -0.05) is 25.6 Å². The summed E-state index contributed by atoms with van der Waals surface area (Å²) >= 11 is 1.35. The van der Waals surface area contributed by atoms with Gasteiger partial charge in [0.15, 0.2) is 5.16 Å². The summed E-state index contributed by atoms with van der Waals surface area (Å²) in [5.74, 6) is 0.679. The first kappa shape index (κ1) is 12.3. The van der Waals surface area contributed by atoms with Crippen LogP contribution in [0.25, 0.3) is 0 Å². The van der Waals surface area contributed by atoms with Crippen molar-refractivity contribution in [1.82, 2.24) is 9.97 Å². The lowest BCUT2D eigenvalue weighted by atomic mass is 9.95. The molecule has 0 aliphatic carbocycles. The summed E-state index contributed by atoms with van der Waals surface area (Å²) in [6.45, 7) is 5.70. The smallest absolute Gasteiger partial charge is 0.251 e. The van der Waals surface area contributed by atoms with Crippen molar-refractivity contribution in [3.05, 3.63) is 22.6 Å². The van der Waals surface area contributed by atoms with Crippen LogP contribution in [0.2, 0.25) is 0 Å². The van der Waals surface area contributed by atoms with E-state index >= 15 is 0 Å². The Bertz CT molecular complexity index is 374. The van der Waals surface area contributed by atoms with E-state index in [4.69, 9.17) is 0 Å². The minimum Gasteiger partial charge on any atom is -0.389 e. The number of nitrogens with zero attached hydrogens (tertiary/aromatic N) is 1. The van der Waals surface area contributed by atoms with E-state index in [9.17, 15) is 9.90 Å². The summed E-state index contributed by atoms with van der Waals surface area (Å²) in [5.41, 5.74) is -0.921. The average Bonchev–Trinajstić information content (AvgIpc) is 2.15. The number of hydrogen-bond acceptors (Lipinski definition) is 4. The molecule has 1 aromatic heterocycles. The van der Waals surface area contributed by atoms with Gasteiger partial charge in [0.25, 0.3) is 5.56 Å². The van der Waals surface area contributed by atoms with Crippen LogP contribution in [0.5, 0.6) is 0 Å². The summed E-state index contributed by atoms with van der Waals surface area (Å²) in [6, 6.07) is 1.37. The summed E-state index contributed by atoms with van der Waals surface area (Å²) in [7, 11) is 0. The zero-order valence-electron chi connectivity index (χ0n) is 9.15. The Morgan fingerprint density at radius 1 is 1.67 bits per heavy atom. The Balaban J connectivity index is 2.61. The van der Waals surface area contributed by atoms with E-state index < -0.39 is 5.60 Å². The fourth-order valence-electron chi connectivity index (χ4n) is 0.806. The topological polar surface area (TPSA) is 66.0 Å². The SMILES string of the molecule is CC(C)C(C)(O)CSc1nccc(=O)[nH]1. The van der Waals surface area contributed by atoms with E-state index in [0.29, 0.717) is 10.9 Å². The second kappa shape index (κ2) is 4.81. The third-order valence-corrected chi connectivity index (χ3v) is 3.60. The van der Waals surface area contributed by atoms with Crippen molar-refractivity contribution < 1.29 is 5.11 Å². The molecule has 5 heteroatoms. The molecule has 1 atom stereocenters. The van der Waals surface area contributed by atoms with Crippen molar-refractivity contribution in [3.63, 3.8) is 0 Å². The van der Waals surface area contributed by atoms with Crippen LogP contribution in [0, 0.1) is 5.92 Å². The minimum atomic E-state index is -0.751. The van der Waals surface area contributed by atoms with Crippen molar-refractivity contribution in [2.24, 2.45) is 5.92 Å². The second-order valence-electron chi connectivity index (χ2n) is 4.04. The Morgan fingerprint density at radius 2 is 2.33 bits per heavy atom. The molecule has 1 unspecified atom stereocenters. The predicted molar refractivity (Wildman–Crippen MR) is 61.0 cm³/mol. The highest BCUT2D eigenvalue weighted by molar-refractivity contribution is 7.99. The van der Waals surface area contributed by atoms with E-state index in [1.54, 1.807) is 6.92 Å². The first-order valence-corrected chi connectivity index (χ1v) is 5.81. The molecular formula is C10H16N2O2S. The lowest BCUT2D eigenvalue weighted by Crippen LogP contribution is -2.33. The summed E-state index contributed by atoms with van der Waals surface area (Å²) in [6.07, 6.45) is 1.46. The lowest BCUT2D eigenvalue weighted by Gasteiger charge is -2.26. The van der Waals surface area contributed by atoms with E-state index in [2.05, 4.69) is 9.97 Å². The van der Waals surface area contributed by atoms with Crippen LogP contribution in [-0.4, -0.2) is 26.4 Å². The molecule has 0 radical (unpaired) electrons. The maximum atomic E-state index is 11.0. The van der Waals surface area contributed by atoms with Crippen molar-refractivity contribution in [1.29, 1.82) is 0 Å². The molecule has 15 heavy (non-hydrogen) atoms. The fourth-order valence-corrected chi connectivity index (χ4v) is 1.88. The van der Waals surface area contributed by atoms with Gasteiger partial charge in [0.05, 0.1) is 5.60 Å². The molecular weight excluding hydrogens is 212 g/mol. The van der Waals surface area contributed by atoms with Gasteiger partial charge in [-0.3, -0.25) is 4.79 Å². The maximum Gasteiger partial charge on any atom is 0.251 e. The largest absolute Gasteiger partial charge is 0.389 e. The van der Waals surface area contributed by atoms with E-state index in [0.717, 1.165) is 0 Å². The highest BCUT2D eigenvalue weighted by Gasteiger charge is 2.25. The van der Waals surface area contributed by atoms with Crippen molar-refractivity contribution in [2.45, 2.75) is 31.5 Å². The fraction of sp³-hybridized carbons (Fsp3) is 0.600. The van der Waals surface area contributed by atoms with Gasteiger partial charge in [-0.15, -0.1) is 0 Å². The molecule has 0 aromatic carbocycles. The van der Waals surface area contributed by atoms with Crippen LogP contribution >= 0.6 is 11.8 Å². The number of H-pyrrole nitrogens is 1. The monoisotopic (exact) mass is 228 g/mol. The minimum absolute atomic E-state index is 0.167. The molecule has 0 aliphatic heterocycles. The first-order valence-electron chi connectivity index (χ1n) is 4.82. The Labute approximate surface area is 93.1 Å². The molecule has 0 bridgehead atoms. The zero-order valence-corrected chi connectivity index (χ0v) is 9.97. The number of nitrogens with one attached hydrogen (secondary N) is 1. The van der Waals surface area contributed by atoms with Gasteiger partial charge in [-0.2, -0.15) is 0 Å². The highest BCUT2D eigenvalue weighted by atomic mass is 32.2. The van der Waals surface area contributed by atoms with Crippen molar-refractivity contribution >= 4 is 11.8 Å². The van der Waals surface area contributed by atoms with Gasteiger partial charge < -0.3 is 10.1 Å². The molecule has 0 spiro atoms. The third kappa shape index (κ3) is 3.68. The number of rotatable bonds is 4. The van der Waals surface area contributed by atoms with E-state index in [1.807, 2.05) is 13.8 Å². The van der Waals surface area contributed by atoms with Gasteiger partial charge in [-0.05, 0) is 12.8 Å². The Hall–Kier alpha value is -0.810. The second-order valence-corrected chi connectivity index (χ2v) is 5.00. The standard InChI is InChI=1S/C10H16N2O2S/c1-7(2)10(3,14)6-15-9-11-5-4-8(13)12-9/h4-5,7,14H,6H2,1-3H3,(H,11,12,13). The quantitative estimate of drug-likeness (QED) is 0.601. The van der Waals surface area contributed by atoms with Crippen LogP contribution in [0.15, 0.2) is 22.2 Å². The van der Waals surface area contributed by atoms with Crippen LogP contribution in [-0.2, 0) is 0 Å². The molecule has 1 heterocycles. The van der Waals surface area contributed by atoms with Gasteiger partial charge in [-0.25, -0.2) is 4.98 Å². The van der Waals surface area contributed by atoms with Gasteiger partial charge in [0, 0.05) is 18.0 Å². The van der Waals surface area contributed by atoms with Crippen LogP contribution in [0.3, 0.4) is 0 Å². The molecule has 0 amide bonds. The summed E-state index contributed by atoms with van der Waals surface area (Å²) in [5, 5.41) is 10.5. The maximum absolute atomic E-state index is 11.0. The van der Waals surface area contributed by atoms with Crippen LogP contribution in [0.4, 0.5) is 0 Å². The normalized spacial score (nSPS) is 15.3. The van der Waals surface area contributed by atoms with E-state index in [-0.39, 0.29) is 11.5 Å². The molecule has 1 rings (SSSR count). The first-order chi connectivity index (χ1) is 6.92. The molecule has 4 nitrogen and oxygen atoms in total. The van der Waals surface area contributed by atoms with Gasteiger partial charge in [0.1, 0.15) is 0 Å². The Morgan fingerprint density at radius 3 is 2.87 bits per heavy atom. The number of aromatic nitrogens is 2. The van der Waals surface area contributed by atoms with Crippen LogP contribution in [0.1, 0.15) is 20.8 Å². The molecule has 0 fully saturated rings. The Kier molecular flexibility index (Phi) is 3.93. The highest BCUT2D eigenvalue weighted by Crippen LogP contribution is 2.24. The summed E-state index contributed by atoms with van der Waals surface area (Å²) in [4.78, 5) is 17.6. The average molecular weight is 228 g/mol. The molecule has 84 valence electrons. The number of hydrogen-bond donors (Lipinski definition) is 2. The molecule has 1 aromatic rings. The van der Waals surface area contributed by atoms with Crippen molar-refractivity contribution in [2.75, 3.05) is 5.75 Å². The molecule has 0 saturated carbocycles. The molecule has 2 N–H and O–H groups in total. The third-order valence-electron chi connectivity index (χ3n) is 2.39. The number of thioether (sulfide) groups is 1. The van der Waals surface area contributed by atoms with Gasteiger partial charge in [0.2, 0.25) is 0 Å². The number of aliphatic hydroxyl groups is 1. The number of aromatic amines is 1. The molecule has 0 saturated heterocycles. The van der Waals surface area contributed by atoms with Crippen molar-refractivity contribution in [3.8, 4) is 0 Å². The van der Waals surface area contributed by atoms with Gasteiger partial charge >= 0.3 is 0 Å². The predicted octanol–water partition coefficient (Wildman–Crippen LogP) is 1.27. The molecule has 0 aliphatic rings.